The summed E-state index contributed by atoms with van der Waals surface area (Å²) in [5.74, 6) is 1.80. The van der Waals surface area contributed by atoms with Crippen LogP contribution in [-0.2, 0) is 0 Å². The molecule has 0 nitrogen and oxygen atoms in total. The Bertz CT molecular complexity index is 247. The van der Waals surface area contributed by atoms with Crippen LogP contribution in [0.3, 0.4) is 0 Å². The van der Waals surface area contributed by atoms with Gasteiger partial charge in [0.15, 0.2) is 0 Å². The highest BCUT2D eigenvalue weighted by atomic mass is 14.4. The van der Waals surface area contributed by atoms with E-state index in [0.29, 0.717) is 5.41 Å². The Hall–Kier alpha value is -0.260. The quantitative estimate of drug-likeness (QED) is 0.532. The van der Waals surface area contributed by atoms with Crippen molar-refractivity contribution in [2.75, 3.05) is 0 Å². The molecule has 2 atom stereocenters. The largest absolute Gasteiger partial charge is 0.0850 e. The Morgan fingerprint density at radius 2 is 2.00 bits per heavy atom. The van der Waals surface area contributed by atoms with Crippen molar-refractivity contribution in [3.05, 3.63) is 11.6 Å². The first kappa shape index (κ1) is 11.2. The van der Waals surface area contributed by atoms with Crippen LogP contribution in [0.15, 0.2) is 11.6 Å². The van der Waals surface area contributed by atoms with Crippen molar-refractivity contribution < 1.29 is 0 Å². The number of rotatable bonds is 1. The summed E-state index contributed by atoms with van der Waals surface area (Å²) in [5, 5.41) is 0. The molecule has 2 rings (SSSR count). The van der Waals surface area contributed by atoms with Gasteiger partial charge >= 0.3 is 0 Å². The Kier molecular flexibility index (Phi) is 3.23. The predicted octanol–water partition coefficient (Wildman–Crippen LogP) is 4.95. The van der Waals surface area contributed by atoms with Crippen LogP contribution < -0.4 is 0 Å². The number of hydrogen-bond donors (Lipinski definition) is 0. The van der Waals surface area contributed by atoms with Gasteiger partial charge in [-0.25, -0.2) is 0 Å². The minimum Gasteiger partial charge on any atom is -0.0850 e. The maximum atomic E-state index is 2.57. The summed E-state index contributed by atoms with van der Waals surface area (Å²) in [7, 11) is 0. The fourth-order valence-corrected chi connectivity index (χ4v) is 3.98. The minimum absolute atomic E-state index is 0.556. The van der Waals surface area contributed by atoms with Gasteiger partial charge < -0.3 is 0 Å². The highest BCUT2D eigenvalue weighted by molar-refractivity contribution is 5.15. The zero-order chi connectivity index (χ0) is 10.9. The molecule has 0 radical (unpaired) electrons. The van der Waals surface area contributed by atoms with Crippen molar-refractivity contribution in [2.45, 2.75) is 65.7 Å². The van der Waals surface area contributed by atoms with Crippen LogP contribution in [0.5, 0.6) is 0 Å². The number of hydrogen-bond acceptors (Lipinski definition) is 0. The van der Waals surface area contributed by atoms with Gasteiger partial charge in [-0.1, -0.05) is 45.3 Å². The molecule has 2 unspecified atom stereocenters. The van der Waals surface area contributed by atoms with Crippen molar-refractivity contribution >= 4 is 0 Å². The summed E-state index contributed by atoms with van der Waals surface area (Å²) >= 11 is 0. The maximum Gasteiger partial charge on any atom is -0.0126 e. The van der Waals surface area contributed by atoms with Crippen LogP contribution in [-0.4, -0.2) is 0 Å². The molecule has 2 aliphatic carbocycles. The molecule has 86 valence electrons. The lowest BCUT2D eigenvalue weighted by Gasteiger charge is -2.45. The summed E-state index contributed by atoms with van der Waals surface area (Å²) < 4.78 is 0. The maximum absolute atomic E-state index is 2.57. The zero-order valence-corrected chi connectivity index (χ0v) is 10.7. The monoisotopic (exact) mass is 206 g/mol. The molecule has 1 saturated carbocycles. The van der Waals surface area contributed by atoms with Crippen LogP contribution in [0, 0.1) is 17.3 Å². The summed E-state index contributed by atoms with van der Waals surface area (Å²) in [6.07, 6.45) is 12.5. The van der Waals surface area contributed by atoms with Crippen molar-refractivity contribution in [1.29, 1.82) is 0 Å². The third kappa shape index (κ3) is 2.29. The van der Waals surface area contributed by atoms with Gasteiger partial charge in [-0.2, -0.15) is 0 Å². The summed E-state index contributed by atoms with van der Waals surface area (Å²) in [6.45, 7) is 7.45. The summed E-state index contributed by atoms with van der Waals surface area (Å²) in [6, 6.07) is 0. The van der Waals surface area contributed by atoms with Crippen LogP contribution in [0.2, 0.25) is 0 Å². The van der Waals surface area contributed by atoms with Crippen molar-refractivity contribution in [2.24, 2.45) is 17.3 Å². The Morgan fingerprint density at radius 1 is 1.20 bits per heavy atom. The van der Waals surface area contributed by atoms with E-state index in [4.69, 9.17) is 0 Å². The molecule has 0 spiro atoms. The van der Waals surface area contributed by atoms with Crippen molar-refractivity contribution in [1.82, 2.24) is 0 Å². The van der Waals surface area contributed by atoms with Gasteiger partial charge in [-0.15, -0.1) is 0 Å². The van der Waals surface area contributed by atoms with Crippen molar-refractivity contribution in [3.8, 4) is 0 Å². The van der Waals surface area contributed by atoms with Crippen LogP contribution in [0.25, 0.3) is 0 Å². The van der Waals surface area contributed by atoms with E-state index in [2.05, 4.69) is 26.8 Å². The smallest absolute Gasteiger partial charge is 0.0126 e. The summed E-state index contributed by atoms with van der Waals surface area (Å²) in [4.78, 5) is 0. The van der Waals surface area contributed by atoms with E-state index in [1.54, 1.807) is 5.57 Å². The topological polar surface area (TPSA) is 0 Å². The molecule has 0 saturated heterocycles. The molecule has 0 aromatic heterocycles. The zero-order valence-electron chi connectivity index (χ0n) is 10.7. The lowest BCUT2D eigenvalue weighted by Crippen LogP contribution is -2.35. The molecule has 0 heteroatoms. The van der Waals surface area contributed by atoms with Gasteiger partial charge in [0.2, 0.25) is 0 Å². The fraction of sp³-hybridized carbons (Fsp3) is 0.867. The molecule has 0 aromatic carbocycles. The van der Waals surface area contributed by atoms with E-state index < -0.39 is 0 Å². The van der Waals surface area contributed by atoms with Gasteiger partial charge in [-0.3, -0.25) is 0 Å². The summed E-state index contributed by atoms with van der Waals surface area (Å²) in [5.41, 5.74) is 2.36. The molecule has 0 aliphatic heterocycles. The highest BCUT2D eigenvalue weighted by Gasteiger charge is 2.38. The first-order valence-corrected chi connectivity index (χ1v) is 6.80. The lowest BCUT2D eigenvalue weighted by atomic mass is 9.60. The normalized spacial score (nSPS) is 36.1. The average molecular weight is 206 g/mol. The lowest BCUT2D eigenvalue weighted by molar-refractivity contribution is 0.109. The second-order valence-electron chi connectivity index (χ2n) is 6.36. The molecule has 0 aromatic rings. The van der Waals surface area contributed by atoms with E-state index in [1.807, 2.05) is 0 Å². The molecular weight excluding hydrogens is 180 g/mol. The first-order valence-electron chi connectivity index (χ1n) is 6.80. The molecule has 0 amide bonds. The molecule has 0 bridgehead atoms. The first-order chi connectivity index (χ1) is 7.11. The second-order valence-corrected chi connectivity index (χ2v) is 6.36. The molecular formula is C15H26. The Balaban J connectivity index is 2.19. The standard InChI is InChI=1S/C15H26/c1-12-8-7-11-15(2,3)14(12)13-9-5-4-6-10-13/h9,12,14H,4-8,10-11H2,1-3H3. The SMILES string of the molecule is CC1CCCC(C)(C)C1C1=CCCCC1. The Labute approximate surface area is 95.1 Å². The van der Waals surface area contributed by atoms with Gasteiger partial charge in [0.1, 0.15) is 0 Å². The minimum atomic E-state index is 0.556. The third-order valence-electron chi connectivity index (χ3n) is 4.62. The third-order valence-corrected chi connectivity index (χ3v) is 4.62. The van der Waals surface area contributed by atoms with Crippen LogP contribution in [0.4, 0.5) is 0 Å². The molecule has 2 aliphatic rings. The van der Waals surface area contributed by atoms with Gasteiger partial charge in [0.25, 0.3) is 0 Å². The molecule has 1 fully saturated rings. The molecule has 0 heterocycles. The molecule has 15 heavy (non-hydrogen) atoms. The van der Waals surface area contributed by atoms with Gasteiger partial charge in [0, 0.05) is 0 Å². The van der Waals surface area contributed by atoms with E-state index in [0.717, 1.165) is 11.8 Å². The highest BCUT2D eigenvalue weighted by Crippen LogP contribution is 2.49. The van der Waals surface area contributed by atoms with E-state index in [1.165, 1.54) is 44.9 Å². The van der Waals surface area contributed by atoms with E-state index in [-0.39, 0.29) is 0 Å². The van der Waals surface area contributed by atoms with E-state index >= 15 is 0 Å². The second kappa shape index (κ2) is 4.31. The Morgan fingerprint density at radius 3 is 2.60 bits per heavy atom. The average Bonchev–Trinajstić information content (AvgIpc) is 2.17. The van der Waals surface area contributed by atoms with Crippen LogP contribution in [0.1, 0.15) is 65.7 Å². The van der Waals surface area contributed by atoms with Gasteiger partial charge in [0.05, 0.1) is 0 Å². The fourth-order valence-electron chi connectivity index (χ4n) is 3.98. The van der Waals surface area contributed by atoms with Crippen molar-refractivity contribution in [3.63, 3.8) is 0 Å². The van der Waals surface area contributed by atoms with Gasteiger partial charge in [-0.05, 0) is 49.4 Å². The number of allylic oxidation sites excluding steroid dienone is 2. The molecule has 0 N–H and O–H groups in total. The van der Waals surface area contributed by atoms with Crippen LogP contribution >= 0.6 is 0 Å². The predicted molar refractivity (Wildman–Crippen MR) is 66.8 cm³/mol. The van der Waals surface area contributed by atoms with E-state index in [9.17, 15) is 0 Å².